The molecule has 4 nitrogen and oxygen atoms in total. The maximum atomic E-state index is 12.0. The van der Waals surface area contributed by atoms with Crippen molar-refractivity contribution in [2.75, 3.05) is 5.73 Å². The lowest BCUT2D eigenvalue weighted by molar-refractivity contribution is -0.274. The van der Waals surface area contributed by atoms with Crippen LogP contribution in [0.2, 0.25) is 0 Å². The number of alkyl halides is 3. The Kier molecular flexibility index (Phi) is 2.90. The maximum absolute atomic E-state index is 12.0. The van der Waals surface area contributed by atoms with Crippen LogP contribution in [0.15, 0.2) is 30.3 Å². The summed E-state index contributed by atoms with van der Waals surface area (Å²) in [6, 6.07) is 7.15. The van der Waals surface area contributed by atoms with Gasteiger partial charge in [0.1, 0.15) is 11.6 Å². The van der Waals surface area contributed by atoms with Gasteiger partial charge in [-0.25, -0.2) is 0 Å². The number of hydrogen-bond donors (Lipinski definition) is 1. The summed E-state index contributed by atoms with van der Waals surface area (Å²) in [6.07, 6.45) is -4.68. The fraction of sp³-hybridized carbons (Fsp3) is 0.182. The van der Waals surface area contributed by atoms with E-state index in [1.165, 1.54) is 24.3 Å². The second-order valence-electron chi connectivity index (χ2n) is 3.65. The van der Waals surface area contributed by atoms with E-state index in [0.717, 1.165) is 0 Å². The van der Waals surface area contributed by atoms with E-state index in [1.54, 1.807) is 17.8 Å². The van der Waals surface area contributed by atoms with Crippen LogP contribution < -0.4 is 10.5 Å². The average Bonchev–Trinajstić information content (AvgIpc) is 2.57. The van der Waals surface area contributed by atoms with Gasteiger partial charge in [-0.05, 0) is 24.3 Å². The number of aryl methyl sites for hydroxylation is 1. The van der Waals surface area contributed by atoms with Crippen molar-refractivity contribution in [1.82, 2.24) is 9.78 Å². The van der Waals surface area contributed by atoms with E-state index in [-0.39, 0.29) is 5.75 Å². The Balaban J connectivity index is 2.25. The zero-order chi connectivity index (χ0) is 13.3. The van der Waals surface area contributed by atoms with Crippen LogP contribution in [-0.4, -0.2) is 16.1 Å². The van der Waals surface area contributed by atoms with E-state index in [0.29, 0.717) is 17.1 Å². The van der Waals surface area contributed by atoms with E-state index in [2.05, 4.69) is 9.84 Å². The molecule has 2 aromatic rings. The summed E-state index contributed by atoms with van der Waals surface area (Å²) >= 11 is 0. The molecule has 0 fully saturated rings. The molecule has 7 heteroatoms. The predicted molar refractivity (Wildman–Crippen MR) is 59.7 cm³/mol. The first kappa shape index (κ1) is 12.3. The lowest BCUT2D eigenvalue weighted by atomic mass is 10.1. The van der Waals surface area contributed by atoms with Gasteiger partial charge in [-0.3, -0.25) is 4.68 Å². The fourth-order valence-electron chi connectivity index (χ4n) is 1.59. The van der Waals surface area contributed by atoms with Crippen molar-refractivity contribution in [3.63, 3.8) is 0 Å². The van der Waals surface area contributed by atoms with Gasteiger partial charge in [0.05, 0.1) is 5.69 Å². The Bertz CT molecular complexity index is 546. The normalized spacial score (nSPS) is 11.6. The molecule has 2 N–H and O–H groups in total. The summed E-state index contributed by atoms with van der Waals surface area (Å²) in [7, 11) is 1.70. The van der Waals surface area contributed by atoms with Crippen LogP contribution in [0.3, 0.4) is 0 Å². The highest BCUT2D eigenvalue weighted by Crippen LogP contribution is 2.26. The highest BCUT2D eigenvalue weighted by atomic mass is 19.4. The zero-order valence-electron chi connectivity index (χ0n) is 9.40. The molecule has 0 bridgehead atoms. The molecule has 1 aromatic heterocycles. The molecule has 0 aliphatic heterocycles. The molecule has 0 saturated heterocycles. The first-order chi connectivity index (χ1) is 8.35. The molecule has 0 amide bonds. The summed E-state index contributed by atoms with van der Waals surface area (Å²) in [5.74, 6) is 0.0875. The zero-order valence-corrected chi connectivity index (χ0v) is 9.40. The van der Waals surface area contributed by atoms with Crippen LogP contribution in [0.4, 0.5) is 19.0 Å². The van der Waals surface area contributed by atoms with E-state index in [1.807, 2.05) is 0 Å². The number of aromatic nitrogens is 2. The van der Waals surface area contributed by atoms with E-state index >= 15 is 0 Å². The van der Waals surface area contributed by atoms with Gasteiger partial charge in [-0.15, -0.1) is 13.2 Å². The second-order valence-corrected chi connectivity index (χ2v) is 3.65. The van der Waals surface area contributed by atoms with E-state index in [9.17, 15) is 13.2 Å². The molecule has 2 rings (SSSR count). The minimum absolute atomic E-state index is 0.263. The highest BCUT2D eigenvalue weighted by Gasteiger charge is 2.30. The van der Waals surface area contributed by atoms with Gasteiger partial charge in [0.15, 0.2) is 0 Å². The minimum atomic E-state index is -4.68. The molecule has 0 spiro atoms. The summed E-state index contributed by atoms with van der Waals surface area (Å²) in [4.78, 5) is 0. The standard InChI is InChI=1S/C11H10F3N3O/c1-17-9(6-10(15)16-17)7-2-4-8(5-3-7)18-11(12,13)14/h2-6H,1H3,(H2,15,16). The Morgan fingerprint density at radius 2 is 1.83 bits per heavy atom. The van der Waals surface area contributed by atoms with Crippen LogP contribution in [0.1, 0.15) is 0 Å². The minimum Gasteiger partial charge on any atom is -0.406 e. The number of hydrogen-bond acceptors (Lipinski definition) is 3. The summed E-state index contributed by atoms with van der Waals surface area (Å²) in [5.41, 5.74) is 6.94. The van der Waals surface area contributed by atoms with Gasteiger partial charge in [0, 0.05) is 18.7 Å². The van der Waals surface area contributed by atoms with Crippen LogP contribution in [-0.2, 0) is 7.05 Å². The molecular weight excluding hydrogens is 247 g/mol. The van der Waals surface area contributed by atoms with Crippen LogP contribution in [0.25, 0.3) is 11.3 Å². The van der Waals surface area contributed by atoms with Gasteiger partial charge < -0.3 is 10.5 Å². The lowest BCUT2D eigenvalue weighted by Crippen LogP contribution is -2.16. The molecule has 1 heterocycles. The Hall–Kier alpha value is -2.18. The number of ether oxygens (including phenoxy) is 1. The van der Waals surface area contributed by atoms with Gasteiger partial charge >= 0.3 is 6.36 Å². The van der Waals surface area contributed by atoms with Crippen molar-refractivity contribution in [1.29, 1.82) is 0 Å². The van der Waals surface area contributed by atoms with Gasteiger partial charge in [-0.2, -0.15) is 5.10 Å². The smallest absolute Gasteiger partial charge is 0.406 e. The number of anilines is 1. The molecule has 0 radical (unpaired) electrons. The number of halogens is 3. The largest absolute Gasteiger partial charge is 0.573 e. The molecular formula is C11H10F3N3O. The van der Waals surface area contributed by atoms with Crippen molar-refractivity contribution in [3.05, 3.63) is 30.3 Å². The van der Waals surface area contributed by atoms with Crippen molar-refractivity contribution in [2.45, 2.75) is 6.36 Å². The summed E-state index contributed by atoms with van der Waals surface area (Å²) < 4.78 is 41.3. The molecule has 96 valence electrons. The van der Waals surface area contributed by atoms with Gasteiger partial charge in [0.25, 0.3) is 0 Å². The quantitative estimate of drug-likeness (QED) is 0.899. The van der Waals surface area contributed by atoms with Crippen LogP contribution in [0.5, 0.6) is 5.75 Å². The third kappa shape index (κ3) is 2.73. The fourth-order valence-corrected chi connectivity index (χ4v) is 1.59. The predicted octanol–water partition coefficient (Wildman–Crippen LogP) is 2.57. The SMILES string of the molecule is Cn1nc(N)cc1-c1ccc(OC(F)(F)F)cc1. The molecule has 0 aliphatic carbocycles. The van der Waals surface area contributed by atoms with Gasteiger partial charge in [0.2, 0.25) is 0 Å². The number of rotatable bonds is 2. The third-order valence-electron chi connectivity index (χ3n) is 2.28. The lowest BCUT2D eigenvalue weighted by Gasteiger charge is -2.09. The maximum Gasteiger partial charge on any atom is 0.573 e. The number of benzene rings is 1. The molecule has 18 heavy (non-hydrogen) atoms. The highest BCUT2D eigenvalue weighted by molar-refractivity contribution is 5.63. The van der Waals surface area contributed by atoms with E-state index in [4.69, 9.17) is 5.73 Å². The Labute approximate surface area is 101 Å². The van der Waals surface area contributed by atoms with Crippen molar-refractivity contribution < 1.29 is 17.9 Å². The molecule has 0 aliphatic rings. The second kappa shape index (κ2) is 4.25. The van der Waals surface area contributed by atoms with Crippen LogP contribution in [0, 0.1) is 0 Å². The first-order valence-corrected chi connectivity index (χ1v) is 5.01. The average molecular weight is 257 g/mol. The van der Waals surface area contributed by atoms with Crippen molar-refractivity contribution >= 4 is 5.82 Å². The van der Waals surface area contributed by atoms with Gasteiger partial charge in [-0.1, -0.05) is 0 Å². The molecule has 0 atom stereocenters. The monoisotopic (exact) mass is 257 g/mol. The molecule has 0 unspecified atom stereocenters. The number of nitrogens with zero attached hydrogens (tertiary/aromatic N) is 2. The molecule has 0 saturated carbocycles. The summed E-state index contributed by atoms with van der Waals surface area (Å²) in [5, 5.41) is 3.95. The van der Waals surface area contributed by atoms with Crippen molar-refractivity contribution in [2.24, 2.45) is 7.05 Å². The third-order valence-corrected chi connectivity index (χ3v) is 2.28. The topological polar surface area (TPSA) is 53.1 Å². The Morgan fingerprint density at radius 3 is 2.28 bits per heavy atom. The van der Waals surface area contributed by atoms with Crippen molar-refractivity contribution in [3.8, 4) is 17.0 Å². The Morgan fingerprint density at radius 1 is 1.22 bits per heavy atom. The summed E-state index contributed by atoms with van der Waals surface area (Å²) in [6.45, 7) is 0. The number of nitrogen functional groups attached to an aromatic ring is 1. The van der Waals surface area contributed by atoms with E-state index < -0.39 is 6.36 Å². The molecule has 1 aromatic carbocycles. The number of nitrogens with two attached hydrogens (primary N) is 1. The van der Waals surface area contributed by atoms with Crippen LogP contribution >= 0.6 is 0 Å². The first-order valence-electron chi connectivity index (χ1n) is 5.01.